The van der Waals surface area contributed by atoms with Crippen LogP contribution in [0.1, 0.15) is 56.1 Å². The van der Waals surface area contributed by atoms with Crippen LogP contribution < -0.4 is 0 Å². The molecule has 0 spiro atoms. The molecule has 2 nitrogen and oxygen atoms in total. The van der Waals surface area contributed by atoms with Crippen molar-refractivity contribution in [2.45, 2.75) is 50.5 Å². The second kappa shape index (κ2) is 6.50. The van der Waals surface area contributed by atoms with Crippen LogP contribution in [0.25, 0.3) is 10.8 Å². The minimum Gasteiger partial charge on any atom is -0.368 e. The molecule has 4 rings (SSSR count). The maximum atomic E-state index is 6.27. The Labute approximate surface area is 145 Å². The minimum atomic E-state index is -0.211. The van der Waals surface area contributed by atoms with Gasteiger partial charge in [-0.15, -0.1) is 0 Å². The van der Waals surface area contributed by atoms with Gasteiger partial charge < -0.3 is 9.64 Å². The number of nitrogens with zero attached hydrogens (tertiary/aromatic N) is 1. The fraction of sp³-hybridized carbons (Fsp3) is 0.545. The zero-order valence-corrected chi connectivity index (χ0v) is 15.1. The lowest BCUT2D eigenvalue weighted by Crippen LogP contribution is -2.46. The number of ether oxygens (including phenoxy) is 1. The summed E-state index contributed by atoms with van der Waals surface area (Å²) in [5.74, 6) is 0.737. The van der Waals surface area contributed by atoms with Gasteiger partial charge in [-0.1, -0.05) is 55.7 Å². The Morgan fingerprint density at radius 2 is 1.75 bits per heavy atom. The highest BCUT2D eigenvalue weighted by Gasteiger charge is 2.34. The monoisotopic (exact) mass is 323 g/mol. The van der Waals surface area contributed by atoms with E-state index in [0.717, 1.165) is 25.6 Å². The minimum absolute atomic E-state index is 0.211. The summed E-state index contributed by atoms with van der Waals surface area (Å²) in [5.41, 5.74) is 2.70. The maximum Gasteiger partial charge on any atom is 0.104 e. The largest absolute Gasteiger partial charge is 0.368 e. The second-order valence-electron chi connectivity index (χ2n) is 7.90. The molecular formula is C22H29NO. The molecule has 24 heavy (non-hydrogen) atoms. The van der Waals surface area contributed by atoms with Crippen LogP contribution >= 0.6 is 0 Å². The van der Waals surface area contributed by atoms with Crippen molar-refractivity contribution in [1.82, 2.24) is 4.90 Å². The molecular weight excluding hydrogens is 294 g/mol. The summed E-state index contributed by atoms with van der Waals surface area (Å²) in [6.45, 7) is 5.05. The van der Waals surface area contributed by atoms with Gasteiger partial charge in [0.05, 0.1) is 6.61 Å². The molecule has 0 amide bonds. The van der Waals surface area contributed by atoms with Gasteiger partial charge in [0.2, 0.25) is 0 Å². The summed E-state index contributed by atoms with van der Waals surface area (Å²) in [5, 5.41) is 2.83. The lowest BCUT2D eigenvalue weighted by atomic mass is 9.79. The van der Waals surface area contributed by atoms with Gasteiger partial charge in [0.15, 0.2) is 0 Å². The number of likely N-dealkylation sites (N-methyl/N-ethyl adjacent to an activating group) is 1. The highest BCUT2D eigenvalue weighted by Crippen LogP contribution is 2.40. The van der Waals surface area contributed by atoms with E-state index in [1.54, 1.807) is 5.56 Å². The molecule has 2 aromatic rings. The number of fused-ring (bicyclic) bond motifs is 1. The lowest BCUT2D eigenvalue weighted by Gasteiger charge is -2.40. The Bertz CT molecular complexity index is 719. The predicted molar refractivity (Wildman–Crippen MR) is 101 cm³/mol. The van der Waals surface area contributed by atoms with Crippen molar-refractivity contribution < 1.29 is 4.74 Å². The molecule has 0 aromatic heterocycles. The van der Waals surface area contributed by atoms with E-state index < -0.39 is 0 Å². The first kappa shape index (κ1) is 16.1. The van der Waals surface area contributed by atoms with Crippen molar-refractivity contribution in [3.05, 3.63) is 47.5 Å². The van der Waals surface area contributed by atoms with E-state index in [2.05, 4.69) is 55.3 Å². The Morgan fingerprint density at radius 1 is 1.00 bits per heavy atom. The van der Waals surface area contributed by atoms with Crippen molar-refractivity contribution in [2.75, 3.05) is 26.7 Å². The third kappa shape index (κ3) is 2.87. The van der Waals surface area contributed by atoms with Crippen LogP contribution in [0.15, 0.2) is 36.4 Å². The van der Waals surface area contributed by atoms with Crippen LogP contribution in [0.4, 0.5) is 0 Å². The van der Waals surface area contributed by atoms with E-state index in [9.17, 15) is 0 Å². The van der Waals surface area contributed by atoms with Gasteiger partial charge in [0.25, 0.3) is 0 Å². The van der Waals surface area contributed by atoms with Crippen LogP contribution in [0.2, 0.25) is 0 Å². The van der Waals surface area contributed by atoms with Gasteiger partial charge in [0, 0.05) is 13.1 Å². The molecule has 1 aliphatic carbocycles. The van der Waals surface area contributed by atoms with Gasteiger partial charge in [-0.2, -0.15) is 0 Å². The van der Waals surface area contributed by atoms with E-state index in [0.29, 0.717) is 0 Å². The van der Waals surface area contributed by atoms with E-state index in [4.69, 9.17) is 4.74 Å². The SMILES string of the molecule is CN1CCOC(C)(c2ccc(C3CCCCC3)c3ccccc23)C1. The van der Waals surface area contributed by atoms with Gasteiger partial charge in [-0.05, 0) is 54.6 Å². The van der Waals surface area contributed by atoms with E-state index in [1.807, 2.05) is 0 Å². The Kier molecular flexibility index (Phi) is 4.36. The fourth-order valence-electron chi connectivity index (χ4n) is 4.78. The van der Waals surface area contributed by atoms with Crippen LogP contribution in [-0.2, 0) is 10.3 Å². The molecule has 2 aliphatic rings. The molecule has 0 bridgehead atoms. The van der Waals surface area contributed by atoms with Crippen molar-refractivity contribution in [3.8, 4) is 0 Å². The number of hydrogen-bond acceptors (Lipinski definition) is 2. The first-order chi connectivity index (χ1) is 11.7. The average molecular weight is 323 g/mol. The van der Waals surface area contributed by atoms with Crippen molar-refractivity contribution >= 4 is 10.8 Å². The molecule has 2 aromatic carbocycles. The lowest BCUT2D eigenvalue weighted by molar-refractivity contribution is -0.0954. The second-order valence-corrected chi connectivity index (χ2v) is 7.90. The molecule has 2 heteroatoms. The van der Waals surface area contributed by atoms with Crippen LogP contribution in [0, 0.1) is 0 Å². The number of morpholine rings is 1. The molecule has 0 N–H and O–H groups in total. The zero-order chi connectivity index (χ0) is 16.6. The Balaban J connectivity index is 1.81. The van der Waals surface area contributed by atoms with Gasteiger partial charge in [0.1, 0.15) is 5.60 Å². The summed E-state index contributed by atoms with van der Waals surface area (Å²) in [7, 11) is 2.19. The average Bonchev–Trinajstić information content (AvgIpc) is 2.61. The van der Waals surface area contributed by atoms with Gasteiger partial charge in [-0.25, -0.2) is 0 Å². The summed E-state index contributed by atoms with van der Waals surface area (Å²) >= 11 is 0. The highest BCUT2D eigenvalue weighted by atomic mass is 16.5. The topological polar surface area (TPSA) is 12.5 Å². The summed E-state index contributed by atoms with van der Waals surface area (Å²) in [6.07, 6.45) is 6.86. The molecule has 1 unspecified atom stereocenters. The summed E-state index contributed by atoms with van der Waals surface area (Å²) < 4.78 is 6.27. The quantitative estimate of drug-likeness (QED) is 0.765. The standard InChI is InChI=1S/C22H29NO/c1-22(16-23(2)14-15-24-22)21-13-12-18(17-8-4-3-5-9-17)19-10-6-7-11-20(19)21/h6-7,10-13,17H,3-5,8-9,14-16H2,1-2H3. The van der Waals surface area contributed by atoms with Crippen LogP contribution in [-0.4, -0.2) is 31.6 Å². The van der Waals surface area contributed by atoms with Crippen LogP contribution in [0.5, 0.6) is 0 Å². The van der Waals surface area contributed by atoms with Crippen molar-refractivity contribution in [1.29, 1.82) is 0 Å². The third-order valence-electron chi connectivity index (χ3n) is 6.04. The summed E-state index contributed by atoms with van der Waals surface area (Å²) in [6, 6.07) is 13.7. The normalized spacial score (nSPS) is 26.8. The first-order valence-electron chi connectivity index (χ1n) is 9.52. The molecule has 1 saturated carbocycles. The third-order valence-corrected chi connectivity index (χ3v) is 6.04. The first-order valence-corrected chi connectivity index (χ1v) is 9.52. The molecule has 128 valence electrons. The predicted octanol–water partition coefficient (Wildman–Crippen LogP) is 5.06. The van der Waals surface area contributed by atoms with E-state index >= 15 is 0 Å². The van der Waals surface area contributed by atoms with Gasteiger partial charge in [-0.3, -0.25) is 0 Å². The molecule has 1 saturated heterocycles. The summed E-state index contributed by atoms with van der Waals surface area (Å²) in [4.78, 5) is 2.38. The molecule has 1 atom stereocenters. The van der Waals surface area contributed by atoms with Crippen molar-refractivity contribution in [2.24, 2.45) is 0 Å². The number of hydrogen-bond donors (Lipinski definition) is 0. The van der Waals surface area contributed by atoms with E-state index in [1.165, 1.54) is 48.4 Å². The molecule has 0 radical (unpaired) electrons. The maximum absolute atomic E-state index is 6.27. The Morgan fingerprint density at radius 3 is 2.50 bits per heavy atom. The number of rotatable bonds is 2. The smallest absolute Gasteiger partial charge is 0.104 e. The van der Waals surface area contributed by atoms with E-state index in [-0.39, 0.29) is 5.60 Å². The van der Waals surface area contributed by atoms with Gasteiger partial charge >= 0.3 is 0 Å². The Hall–Kier alpha value is -1.38. The highest BCUT2D eigenvalue weighted by molar-refractivity contribution is 5.90. The molecule has 2 fully saturated rings. The van der Waals surface area contributed by atoms with Crippen molar-refractivity contribution in [3.63, 3.8) is 0 Å². The fourth-order valence-corrected chi connectivity index (χ4v) is 4.78. The van der Waals surface area contributed by atoms with Crippen LogP contribution in [0.3, 0.4) is 0 Å². The molecule has 1 aliphatic heterocycles. The number of benzene rings is 2. The zero-order valence-electron chi connectivity index (χ0n) is 15.1. The molecule has 1 heterocycles.